The molecule has 3 unspecified atom stereocenters. The van der Waals surface area contributed by atoms with E-state index in [1.165, 1.54) is 18.2 Å². The SMILES string of the molecule is CCOC1CC(N)C1NS(=O)(=O)c1cccc(C#N)c1. The third-order valence-corrected chi connectivity index (χ3v) is 4.77. The normalized spacial score (nSPS) is 25.8. The van der Waals surface area contributed by atoms with Crippen molar-refractivity contribution >= 4 is 10.0 Å². The van der Waals surface area contributed by atoms with Crippen LogP contribution >= 0.6 is 0 Å². The molecule has 1 fully saturated rings. The molecule has 0 amide bonds. The van der Waals surface area contributed by atoms with E-state index >= 15 is 0 Å². The average molecular weight is 295 g/mol. The fourth-order valence-corrected chi connectivity index (χ4v) is 3.53. The third kappa shape index (κ3) is 2.99. The summed E-state index contributed by atoms with van der Waals surface area (Å²) in [6.45, 7) is 2.37. The van der Waals surface area contributed by atoms with Gasteiger partial charge in [-0.05, 0) is 31.5 Å². The van der Waals surface area contributed by atoms with Crippen molar-refractivity contribution in [3.05, 3.63) is 29.8 Å². The Kier molecular flexibility index (Phi) is 4.40. The Labute approximate surface area is 118 Å². The van der Waals surface area contributed by atoms with Gasteiger partial charge in [-0.3, -0.25) is 0 Å². The molecule has 1 aromatic rings. The number of hydrogen-bond donors (Lipinski definition) is 2. The lowest BCUT2D eigenvalue weighted by atomic mass is 9.84. The zero-order chi connectivity index (χ0) is 14.8. The zero-order valence-electron chi connectivity index (χ0n) is 11.1. The largest absolute Gasteiger partial charge is 0.377 e. The molecule has 0 aliphatic heterocycles. The molecule has 1 aliphatic carbocycles. The van der Waals surface area contributed by atoms with Crippen molar-refractivity contribution in [3.63, 3.8) is 0 Å². The molecule has 0 saturated heterocycles. The number of nitriles is 1. The number of benzene rings is 1. The number of hydrogen-bond acceptors (Lipinski definition) is 5. The van der Waals surface area contributed by atoms with E-state index in [1.807, 2.05) is 13.0 Å². The average Bonchev–Trinajstić information content (AvgIpc) is 2.45. The van der Waals surface area contributed by atoms with E-state index in [2.05, 4.69) is 4.72 Å². The van der Waals surface area contributed by atoms with Crippen molar-refractivity contribution in [2.75, 3.05) is 6.61 Å². The van der Waals surface area contributed by atoms with E-state index in [-0.39, 0.29) is 17.0 Å². The zero-order valence-corrected chi connectivity index (χ0v) is 11.9. The lowest BCUT2D eigenvalue weighted by Gasteiger charge is -2.42. The molecule has 3 N–H and O–H groups in total. The van der Waals surface area contributed by atoms with Gasteiger partial charge in [0.25, 0.3) is 0 Å². The molecule has 0 heterocycles. The molecular weight excluding hydrogens is 278 g/mol. The van der Waals surface area contributed by atoms with E-state index in [4.69, 9.17) is 15.7 Å². The molecule has 7 heteroatoms. The summed E-state index contributed by atoms with van der Waals surface area (Å²) in [5.41, 5.74) is 6.12. The van der Waals surface area contributed by atoms with Gasteiger partial charge in [0.05, 0.1) is 28.7 Å². The highest BCUT2D eigenvalue weighted by Gasteiger charge is 2.42. The fourth-order valence-electron chi connectivity index (χ4n) is 2.17. The van der Waals surface area contributed by atoms with Crippen LogP contribution < -0.4 is 10.5 Å². The second-order valence-corrected chi connectivity index (χ2v) is 6.39. The lowest BCUT2D eigenvalue weighted by Crippen LogP contribution is -2.64. The van der Waals surface area contributed by atoms with Crippen LogP contribution in [0.4, 0.5) is 0 Å². The predicted molar refractivity (Wildman–Crippen MR) is 73.3 cm³/mol. The summed E-state index contributed by atoms with van der Waals surface area (Å²) in [7, 11) is -3.70. The van der Waals surface area contributed by atoms with Gasteiger partial charge >= 0.3 is 0 Å². The maximum atomic E-state index is 12.3. The van der Waals surface area contributed by atoms with Crippen LogP contribution in [0, 0.1) is 11.3 Å². The van der Waals surface area contributed by atoms with Gasteiger partial charge in [-0.25, -0.2) is 13.1 Å². The minimum atomic E-state index is -3.70. The van der Waals surface area contributed by atoms with E-state index in [0.717, 1.165) is 0 Å². The highest BCUT2D eigenvalue weighted by atomic mass is 32.2. The molecule has 1 aromatic carbocycles. The van der Waals surface area contributed by atoms with Crippen molar-refractivity contribution in [1.29, 1.82) is 5.26 Å². The first kappa shape index (κ1) is 14.9. The quantitative estimate of drug-likeness (QED) is 0.815. The predicted octanol–water partition coefficient (Wildman–Crippen LogP) is 0.341. The summed E-state index contributed by atoms with van der Waals surface area (Å²) in [6, 6.07) is 7.11. The van der Waals surface area contributed by atoms with Crippen molar-refractivity contribution in [2.45, 2.75) is 36.4 Å². The number of nitrogens with one attached hydrogen (secondary N) is 1. The molecule has 1 saturated carbocycles. The van der Waals surface area contributed by atoms with E-state index in [1.54, 1.807) is 6.07 Å². The Morgan fingerprint density at radius 3 is 2.90 bits per heavy atom. The maximum absolute atomic E-state index is 12.3. The Morgan fingerprint density at radius 1 is 1.55 bits per heavy atom. The summed E-state index contributed by atoms with van der Waals surface area (Å²) >= 11 is 0. The summed E-state index contributed by atoms with van der Waals surface area (Å²) in [5, 5.41) is 8.82. The minimum Gasteiger partial charge on any atom is -0.377 e. The van der Waals surface area contributed by atoms with Crippen LogP contribution in [0.1, 0.15) is 18.9 Å². The van der Waals surface area contributed by atoms with Crippen LogP contribution in [-0.2, 0) is 14.8 Å². The van der Waals surface area contributed by atoms with Gasteiger partial charge in [0.1, 0.15) is 0 Å². The second-order valence-electron chi connectivity index (χ2n) is 4.68. The van der Waals surface area contributed by atoms with Crippen molar-refractivity contribution in [1.82, 2.24) is 4.72 Å². The van der Waals surface area contributed by atoms with Crippen molar-refractivity contribution < 1.29 is 13.2 Å². The van der Waals surface area contributed by atoms with Crippen LogP contribution in [0.3, 0.4) is 0 Å². The van der Waals surface area contributed by atoms with E-state index in [0.29, 0.717) is 18.6 Å². The molecule has 1 aliphatic rings. The van der Waals surface area contributed by atoms with Gasteiger partial charge in [0.15, 0.2) is 0 Å². The Morgan fingerprint density at radius 2 is 2.30 bits per heavy atom. The number of rotatable bonds is 5. The Bertz CT molecular complexity index is 622. The molecule has 20 heavy (non-hydrogen) atoms. The van der Waals surface area contributed by atoms with Gasteiger partial charge < -0.3 is 10.5 Å². The first-order valence-electron chi connectivity index (χ1n) is 6.37. The molecule has 0 aromatic heterocycles. The number of nitrogens with zero attached hydrogens (tertiary/aromatic N) is 1. The summed E-state index contributed by atoms with van der Waals surface area (Å²) in [4.78, 5) is 0.0610. The van der Waals surface area contributed by atoms with Crippen molar-refractivity contribution in [2.24, 2.45) is 5.73 Å². The van der Waals surface area contributed by atoms with Gasteiger partial charge in [-0.1, -0.05) is 6.07 Å². The monoisotopic (exact) mass is 295 g/mol. The summed E-state index contributed by atoms with van der Waals surface area (Å²) < 4.78 is 32.5. The first-order chi connectivity index (χ1) is 9.47. The number of sulfonamides is 1. The fraction of sp³-hybridized carbons (Fsp3) is 0.462. The summed E-state index contributed by atoms with van der Waals surface area (Å²) in [6.07, 6.45) is 0.447. The number of ether oxygens (including phenoxy) is 1. The molecule has 0 spiro atoms. The Hall–Kier alpha value is -1.46. The van der Waals surface area contributed by atoms with Crippen LogP contribution in [0.2, 0.25) is 0 Å². The first-order valence-corrected chi connectivity index (χ1v) is 7.86. The molecular formula is C13H17N3O3S. The van der Waals surface area contributed by atoms with Gasteiger partial charge in [-0.15, -0.1) is 0 Å². The van der Waals surface area contributed by atoms with Crippen LogP contribution in [0.15, 0.2) is 29.2 Å². The molecule has 3 atom stereocenters. The molecule has 0 radical (unpaired) electrons. The summed E-state index contributed by atoms with van der Waals surface area (Å²) in [5.74, 6) is 0. The molecule has 108 valence electrons. The minimum absolute atomic E-state index is 0.0610. The second kappa shape index (κ2) is 5.89. The smallest absolute Gasteiger partial charge is 0.241 e. The van der Waals surface area contributed by atoms with Crippen LogP contribution in [-0.4, -0.2) is 33.2 Å². The highest BCUT2D eigenvalue weighted by Crippen LogP contribution is 2.24. The highest BCUT2D eigenvalue weighted by molar-refractivity contribution is 7.89. The van der Waals surface area contributed by atoms with Gasteiger partial charge in [-0.2, -0.15) is 5.26 Å². The third-order valence-electron chi connectivity index (χ3n) is 3.31. The molecule has 2 rings (SSSR count). The lowest BCUT2D eigenvalue weighted by molar-refractivity contribution is -0.0248. The van der Waals surface area contributed by atoms with Gasteiger partial charge in [0, 0.05) is 12.6 Å². The van der Waals surface area contributed by atoms with Gasteiger partial charge in [0.2, 0.25) is 10.0 Å². The van der Waals surface area contributed by atoms with Crippen molar-refractivity contribution in [3.8, 4) is 6.07 Å². The van der Waals surface area contributed by atoms with E-state index in [9.17, 15) is 8.42 Å². The molecule has 6 nitrogen and oxygen atoms in total. The van der Waals surface area contributed by atoms with Crippen LogP contribution in [0.5, 0.6) is 0 Å². The van der Waals surface area contributed by atoms with E-state index < -0.39 is 16.1 Å². The maximum Gasteiger partial charge on any atom is 0.241 e. The topological polar surface area (TPSA) is 105 Å². The Balaban J connectivity index is 2.16. The van der Waals surface area contributed by atoms with Crippen LogP contribution in [0.25, 0.3) is 0 Å². The number of nitrogens with two attached hydrogens (primary N) is 1. The molecule has 0 bridgehead atoms. The standard InChI is InChI=1S/C13H17N3O3S/c1-2-19-12-7-11(15)13(12)16-20(17,18)10-5-3-4-9(6-10)8-14/h3-6,11-13,16H,2,7,15H2,1H3.